The largest absolute Gasteiger partial charge is 0.497 e. The Balaban J connectivity index is 1.56. The highest BCUT2D eigenvalue weighted by atomic mass is 16.5. The number of allylic oxidation sites excluding steroid dienone is 1. The molecule has 1 aromatic heterocycles. The van der Waals surface area contributed by atoms with Crippen molar-refractivity contribution in [1.82, 2.24) is 15.6 Å². The molecule has 6 heteroatoms. The topological polar surface area (TPSA) is 80.3 Å². The molecule has 3 unspecified atom stereocenters. The van der Waals surface area contributed by atoms with Crippen LogP contribution in [-0.2, 0) is 11.3 Å². The van der Waals surface area contributed by atoms with Gasteiger partial charge in [0, 0.05) is 31.9 Å². The summed E-state index contributed by atoms with van der Waals surface area (Å²) in [6.45, 7) is 7.64. The third-order valence-corrected chi connectivity index (χ3v) is 6.59. The van der Waals surface area contributed by atoms with Crippen molar-refractivity contribution < 1.29 is 14.3 Å². The summed E-state index contributed by atoms with van der Waals surface area (Å²) >= 11 is 0. The van der Waals surface area contributed by atoms with Crippen molar-refractivity contribution in [2.75, 3.05) is 13.7 Å². The fourth-order valence-electron chi connectivity index (χ4n) is 4.56. The lowest BCUT2D eigenvalue weighted by atomic mass is 9.69. The van der Waals surface area contributed by atoms with Crippen LogP contribution >= 0.6 is 0 Å². The van der Waals surface area contributed by atoms with Crippen LogP contribution in [0, 0.1) is 23.7 Å². The SMILES string of the molecule is COc1ccc(CNC(=O)CC2CC(C(C)C)C(CNC(=O)c3cccnc3)C=C2C)cc1. The molecule has 1 aliphatic carbocycles. The van der Waals surface area contributed by atoms with E-state index in [0.29, 0.717) is 36.9 Å². The van der Waals surface area contributed by atoms with E-state index < -0.39 is 0 Å². The van der Waals surface area contributed by atoms with Crippen LogP contribution in [0.15, 0.2) is 60.4 Å². The van der Waals surface area contributed by atoms with Crippen molar-refractivity contribution in [2.24, 2.45) is 23.7 Å². The number of hydrogen-bond donors (Lipinski definition) is 2. The molecule has 0 saturated carbocycles. The molecule has 1 aliphatic rings. The van der Waals surface area contributed by atoms with Gasteiger partial charge in [0.05, 0.1) is 12.7 Å². The number of nitrogens with one attached hydrogen (secondary N) is 2. The second-order valence-electron chi connectivity index (χ2n) is 9.20. The maximum Gasteiger partial charge on any atom is 0.252 e. The van der Waals surface area contributed by atoms with Crippen LogP contribution in [0.3, 0.4) is 0 Å². The number of carbonyl (C=O) groups excluding carboxylic acids is 2. The van der Waals surface area contributed by atoms with E-state index in [9.17, 15) is 9.59 Å². The number of amides is 2. The molecule has 0 radical (unpaired) electrons. The van der Waals surface area contributed by atoms with Gasteiger partial charge in [-0.3, -0.25) is 14.6 Å². The number of methoxy groups -OCH3 is 1. The van der Waals surface area contributed by atoms with Gasteiger partial charge in [-0.2, -0.15) is 0 Å². The van der Waals surface area contributed by atoms with E-state index in [2.05, 4.69) is 42.5 Å². The van der Waals surface area contributed by atoms with E-state index in [1.165, 1.54) is 5.57 Å². The van der Waals surface area contributed by atoms with Crippen LogP contribution in [-0.4, -0.2) is 30.5 Å². The third kappa shape index (κ3) is 6.91. The highest BCUT2D eigenvalue weighted by Crippen LogP contribution is 2.38. The van der Waals surface area contributed by atoms with Crippen LogP contribution in [0.4, 0.5) is 0 Å². The van der Waals surface area contributed by atoms with Crippen LogP contribution in [0.1, 0.15) is 49.5 Å². The Bertz CT molecular complexity index is 954. The second kappa shape index (κ2) is 11.6. The molecule has 1 heterocycles. The van der Waals surface area contributed by atoms with Crippen LogP contribution in [0.5, 0.6) is 5.75 Å². The minimum absolute atomic E-state index is 0.0643. The van der Waals surface area contributed by atoms with Gasteiger partial charge >= 0.3 is 0 Å². The Morgan fingerprint density at radius 3 is 2.55 bits per heavy atom. The Labute approximate surface area is 196 Å². The molecule has 0 spiro atoms. The highest BCUT2D eigenvalue weighted by molar-refractivity contribution is 5.93. The molecule has 1 aromatic carbocycles. The molecular formula is C27H35N3O3. The van der Waals surface area contributed by atoms with Gasteiger partial charge < -0.3 is 15.4 Å². The predicted molar refractivity (Wildman–Crippen MR) is 130 cm³/mol. The number of aromatic nitrogens is 1. The minimum Gasteiger partial charge on any atom is -0.497 e. The zero-order valence-corrected chi connectivity index (χ0v) is 20.0. The van der Waals surface area contributed by atoms with Crippen LogP contribution < -0.4 is 15.4 Å². The fraction of sp³-hybridized carbons (Fsp3) is 0.444. The molecule has 0 bridgehead atoms. The van der Waals surface area contributed by atoms with Gasteiger partial charge in [-0.25, -0.2) is 0 Å². The van der Waals surface area contributed by atoms with Crippen molar-refractivity contribution in [3.8, 4) is 5.75 Å². The van der Waals surface area contributed by atoms with E-state index in [4.69, 9.17) is 4.74 Å². The average molecular weight is 450 g/mol. The van der Waals surface area contributed by atoms with Gasteiger partial charge in [0.2, 0.25) is 5.91 Å². The molecule has 0 saturated heterocycles. The summed E-state index contributed by atoms with van der Waals surface area (Å²) in [5.74, 6) is 2.11. The van der Waals surface area contributed by atoms with Crippen LogP contribution in [0.25, 0.3) is 0 Å². The smallest absolute Gasteiger partial charge is 0.252 e. The lowest BCUT2D eigenvalue weighted by Gasteiger charge is -2.37. The fourth-order valence-corrected chi connectivity index (χ4v) is 4.56. The van der Waals surface area contributed by atoms with Gasteiger partial charge in [-0.15, -0.1) is 0 Å². The standard InChI is InChI=1S/C27H35N3O3/c1-18(2)25-13-22(14-26(31)29-15-20-7-9-24(33-4)10-8-20)19(3)12-23(25)17-30-27(32)21-6-5-11-28-16-21/h5-12,16,18,22-23,25H,13-15,17H2,1-4H3,(H,29,31)(H,30,32). The number of ether oxygens (including phenoxy) is 1. The van der Waals surface area contributed by atoms with Crippen molar-refractivity contribution in [3.05, 3.63) is 71.6 Å². The number of carbonyl (C=O) groups is 2. The number of hydrogen-bond acceptors (Lipinski definition) is 4. The molecule has 2 N–H and O–H groups in total. The summed E-state index contributed by atoms with van der Waals surface area (Å²) in [7, 11) is 1.64. The van der Waals surface area contributed by atoms with Crippen molar-refractivity contribution >= 4 is 11.8 Å². The maximum atomic E-state index is 12.7. The Morgan fingerprint density at radius 1 is 1.15 bits per heavy atom. The van der Waals surface area contributed by atoms with Gasteiger partial charge in [-0.05, 0) is 66.8 Å². The summed E-state index contributed by atoms with van der Waals surface area (Å²) in [6.07, 6.45) is 6.93. The molecule has 176 valence electrons. The van der Waals surface area contributed by atoms with E-state index in [1.54, 1.807) is 31.6 Å². The van der Waals surface area contributed by atoms with Crippen molar-refractivity contribution in [2.45, 2.75) is 40.2 Å². The first-order chi connectivity index (χ1) is 15.9. The minimum atomic E-state index is -0.100. The quantitative estimate of drug-likeness (QED) is 0.557. The number of nitrogens with zero attached hydrogens (tertiary/aromatic N) is 1. The molecule has 0 fully saturated rings. The van der Waals surface area contributed by atoms with Gasteiger partial charge in [0.1, 0.15) is 5.75 Å². The molecule has 0 aliphatic heterocycles. The summed E-state index contributed by atoms with van der Waals surface area (Å²) in [6, 6.07) is 11.3. The second-order valence-corrected chi connectivity index (χ2v) is 9.20. The summed E-state index contributed by atoms with van der Waals surface area (Å²) in [4.78, 5) is 29.1. The first-order valence-corrected chi connectivity index (χ1v) is 11.6. The van der Waals surface area contributed by atoms with Gasteiger partial charge in [0.15, 0.2) is 0 Å². The third-order valence-electron chi connectivity index (χ3n) is 6.59. The Kier molecular flexibility index (Phi) is 8.64. The van der Waals surface area contributed by atoms with Crippen molar-refractivity contribution in [3.63, 3.8) is 0 Å². The average Bonchev–Trinajstić information content (AvgIpc) is 2.83. The monoisotopic (exact) mass is 449 g/mol. The number of pyridine rings is 1. The van der Waals surface area contributed by atoms with Crippen molar-refractivity contribution in [1.29, 1.82) is 0 Å². The molecule has 3 rings (SSSR count). The summed E-state index contributed by atoms with van der Waals surface area (Å²) < 4.78 is 5.18. The summed E-state index contributed by atoms with van der Waals surface area (Å²) in [5, 5.41) is 6.11. The lowest BCUT2D eigenvalue weighted by molar-refractivity contribution is -0.122. The van der Waals surface area contributed by atoms with Gasteiger partial charge in [-0.1, -0.05) is 37.6 Å². The van der Waals surface area contributed by atoms with E-state index in [1.807, 2.05) is 24.3 Å². The maximum absolute atomic E-state index is 12.7. The molecular weight excluding hydrogens is 414 g/mol. The lowest BCUT2D eigenvalue weighted by Crippen LogP contribution is -2.37. The molecule has 33 heavy (non-hydrogen) atoms. The van der Waals surface area contributed by atoms with E-state index >= 15 is 0 Å². The Morgan fingerprint density at radius 2 is 1.91 bits per heavy atom. The first-order valence-electron chi connectivity index (χ1n) is 11.6. The zero-order chi connectivity index (χ0) is 23.8. The van der Waals surface area contributed by atoms with E-state index in [0.717, 1.165) is 17.7 Å². The normalized spacial score (nSPS) is 20.2. The molecule has 2 aromatic rings. The number of rotatable bonds is 9. The molecule has 3 atom stereocenters. The zero-order valence-electron chi connectivity index (χ0n) is 20.0. The molecule has 6 nitrogen and oxygen atoms in total. The van der Waals surface area contributed by atoms with E-state index in [-0.39, 0.29) is 23.7 Å². The highest BCUT2D eigenvalue weighted by Gasteiger charge is 2.32. The predicted octanol–water partition coefficient (Wildman–Crippen LogP) is 4.38. The number of benzene rings is 1. The Hall–Kier alpha value is -3.15. The first kappa shape index (κ1) is 24.5. The summed E-state index contributed by atoms with van der Waals surface area (Å²) in [5.41, 5.74) is 2.85. The molecule has 2 amide bonds. The van der Waals surface area contributed by atoms with Crippen LogP contribution in [0.2, 0.25) is 0 Å². The van der Waals surface area contributed by atoms with Gasteiger partial charge in [0.25, 0.3) is 5.91 Å².